The van der Waals surface area contributed by atoms with Crippen LogP contribution in [0.25, 0.3) is 10.8 Å². The van der Waals surface area contributed by atoms with Gasteiger partial charge in [0.05, 0.1) is 27.2 Å². The third-order valence-electron chi connectivity index (χ3n) is 5.58. The van der Waals surface area contributed by atoms with Crippen LogP contribution in [0.2, 0.25) is 10.0 Å². The number of likely N-dealkylation sites (N-methyl/N-ethyl adjacent to an activating group) is 1. The van der Waals surface area contributed by atoms with Crippen molar-refractivity contribution in [3.63, 3.8) is 0 Å². The fraction of sp³-hybridized carbons (Fsp3) is 0.280. The number of hydrogen-bond acceptors (Lipinski definition) is 3. The van der Waals surface area contributed by atoms with E-state index < -0.39 is 0 Å². The number of hydrogen-bond donors (Lipinski definition) is 1. The Bertz CT molecular complexity index is 1150. The average Bonchev–Trinajstić information content (AvgIpc) is 2.78. The van der Waals surface area contributed by atoms with E-state index in [0.29, 0.717) is 40.6 Å². The summed E-state index contributed by atoms with van der Waals surface area (Å²) in [7, 11) is 1.75. The lowest BCUT2D eigenvalue weighted by atomic mass is 9.91. The number of rotatable bonds is 7. The summed E-state index contributed by atoms with van der Waals surface area (Å²) in [6.45, 7) is 2.33. The van der Waals surface area contributed by atoms with E-state index in [1.54, 1.807) is 24.1 Å². The van der Waals surface area contributed by atoms with Gasteiger partial charge in [-0.1, -0.05) is 60.5 Å². The molecule has 0 spiro atoms. The number of fused-ring (bicyclic) bond motifs is 1. The third kappa shape index (κ3) is 4.85. The van der Waals surface area contributed by atoms with E-state index >= 15 is 0 Å². The lowest BCUT2D eigenvalue weighted by Gasteiger charge is -2.26. The number of aliphatic hydroxyl groups is 1. The fourth-order valence-electron chi connectivity index (χ4n) is 3.99. The Hall–Kier alpha value is -2.58. The first kappa shape index (κ1) is 23.1. The Morgan fingerprint density at radius 2 is 1.90 bits per heavy atom. The van der Waals surface area contributed by atoms with Gasteiger partial charge in [-0.15, -0.1) is 0 Å². The molecule has 0 aromatic heterocycles. The third-order valence-corrected chi connectivity index (χ3v) is 6.32. The Balaban J connectivity index is 2.01. The summed E-state index contributed by atoms with van der Waals surface area (Å²) < 4.78 is 0. The monoisotopic (exact) mass is 454 g/mol. The van der Waals surface area contributed by atoms with Crippen LogP contribution < -0.4 is 0 Å². The molecule has 0 fully saturated rings. The first-order valence-electron chi connectivity index (χ1n) is 10.2. The van der Waals surface area contributed by atoms with Crippen molar-refractivity contribution in [3.8, 4) is 6.07 Å². The molecule has 0 heterocycles. The summed E-state index contributed by atoms with van der Waals surface area (Å²) in [5.41, 5.74) is 2.76. The van der Waals surface area contributed by atoms with Gasteiger partial charge in [0.1, 0.15) is 0 Å². The smallest absolute Gasteiger partial charge is 0.254 e. The van der Waals surface area contributed by atoms with E-state index in [4.69, 9.17) is 23.2 Å². The van der Waals surface area contributed by atoms with E-state index in [1.807, 2.05) is 43.3 Å². The van der Waals surface area contributed by atoms with Gasteiger partial charge < -0.3 is 10.0 Å². The van der Waals surface area contributed by atoms with E-state index in [2.05, 4.69) is 6.07 Å². The molecule has 1 amide bonds. The van der Waals surface area contributed by atoms with Crippen molar-refractivity contribution in [3.05, 3.63) is 80.8 Å². The molecule has 1 atom stereocenters. The Morgan fingerprint density at radius 1 is 1.16 bits per heavy atom. The van der Waals surface area contributed by atoms with Crippen LogP contribution in [0.1, 0.15) is 46.3 Å². The van der Waals surface area contributed by atoms with Crippen LogP contribution in [-0.2, 0) is 6.42 Å². The second kappa shape index (κ2) is 10.2. The highest BCUT2D eigenvalue weighted by molar-refractivity contribution is 6.42. The molecular weight excluding hydrogens is 431 g/mol. The molecule has 4 nitrogen and oxygen atoms in total. The first-order chi connectivity index (χ1) is 14.9. The number of carbonyl (C=O) groups excluding carboxylic acids is 1. The Morgan fingerprint density at radius 3 is 2.55 bits per heavy atom. The maximum absolute atomic E-state index is 13.6. The maximum atomic E-state index is 13.6. The largest absolute Gasteiger partial charge is 0.396 e. The summed E-state index contributed by atoms with van der Waals surface area (Å²) in [6.07, 6.45) is 1.06. The molecule has 0 aliphatic carbocycles. The molecule has 3 aromatic rings. The zero-order valence-corrected chi connectivity index (χ0v) is 19.0. The molecule has 3 rings (SSSR count). The molecule has 0 aliphatic heterocycles. The van der Waals surface area contributed by atoms with Crippen molar-refractivity contribution in [2.75, 3.05) is 20.2 Å². The standard InChI is InChI=1S/C25H24Cl2N2O2/c1-3-20-19(14-28)12-17-6-4-5-7-21(17)24(20)25(31)29(2)15-18(10-11-30)16-8-9-22(26)23(27)13-16/h4-9,12-13,18,30H,3,10-11,15H2,1-2H3. The van der Waals surface area contributed by atoms with Gasteiger partial charge >= 0.3 is 0 Å². The Kier molecular flexibility index (Phi) is 7.56. The molecular formula is C25H24Cl2N2O2. The highest BCUT2D eigenvalue weighted by Gasteiger charge is 2.24. The summed E-state index contributed by atoms with van der Waals surface area (Å²) >= 11 is 12.2. The second-order valence-electron chi connectivity index (χ2n) is 7.53. The number of halogens is 2. The predicted octanol–water partition coefficient (Wildman–Crippen LogP) is 5.82. The highest BCUT2D eigenvalue weighted by atomic mass is 35.5. The van der Waals surface area contributed by atoms with Crippen LogP contribution in [0.4, 0.5) is 0 Å². The van der Waals surface area contributed by atoms with Gasteiger partial charge in [0.15, 0.2) is 0 Å². The lowest BCUT2D eigenvalue weighted by molar-refractivity contribution is 0.0782. The van der Waals surface area contributed by atoms with Crippen molar-refractivity contribution in [1.29, 1.82) is 5.26 Å². The van der Waals surface area contributed by atoms with Gasteiger partial charge in [-0.05, 0) is 52.9 Å². The van der Waals surface area contributed by atoms with E-state index in [1.165, 1.54) is 0 Å². The van der Waals surface area contributed by atoms with Crippen LogP contribution in [0.15, 0.2) is 48.5 Å². The van der Waals surface area contributed by atoms with Crippen LogP contribution in [-0.4, -0.2) is 36.1 Å². The van der Waals surface area contributed by atoms with Gasteiger partial charge in [-0.3, -0.25) is 4.79 Å². The zero-order chi connectivity index (χ0) is 22.5. The zero-order valence-electron chi connectivity index (χ0n) is 17.5. The van der Waals surface area contributed by atoms with Crippen LogP contribution >= 0.6 is 23.2 Å². The van der Waals surface area contributed by atoms with Gasteiger partial charge in [-0.2, -0.15) is 5.26 Å². The summed E-state index contributed by atoms with van der Waals surface area (Å²) in [6, 6.07) is 17.1. The SMILES string of the molecule is CCc1c(C#N)cc2ccccc2c1C(=O)N(C)CC(CCO)c1ccc(Cl)c(Cl)c1. The normalized spacial score (nSPS) is 11.9. The molecule has 6 heteroatoms. The van der Waals surface area contributed by atoms with Gasteiger partial charge in [0, 0.05) is 26.1 Å². The highest BCUT2D eigenvalue weighted by Crippen LogP contribution is 2.31. The van der Waals surface area contributed by atoms with E-state index in [9.17, 15) is 15.2 Å². The predicted molar refractivity (Wildman–Crippen MR) is 126 cm³/mol. The van der Waals surface area contributed by atoms with Crippen LogP contribution in [0.5, 0.6) is 0 Å². The topological polar surface area (TPSA) is 64.3 Å². The van der Waals surface area contributed by atoms with Crippen molar-refractivity contribution in [2.45, 2.75) is 25.7 Å². The molecule has 0 radical (unpaired) electrons. The number of nitriles is 1. The van der Waals surface area contributed by atoms with Crippen molar-refractivity contribution in [2.24, 2.45) is 0 Å². The quantitative estimate of drug-likeness (QED) is 0.488. The van der Waals surface area contributed by atoms with Crippen molar-refractivity contribution < 1.29 is 9.90 Å². The molecule has 0 saturated carbocycles. The van der Waals surface area contributed by atoms with E-state index in [-0.39, 0.29) is 18.4 Å². The van der Waals surface area contributed by atoms with Crippen molar-refractivity contribution >= 4 is 39.9 Å². The average molecular weight is 455 g/mol. The summed E-state index contributed by atoms with van der Waals surface area (Å²) in [4.78, 5) is 15.3. The summed E-state index contributed by atoms with van der Waals surface area (Å²) in [5, 5.41) is 21.8. The molecule has 160 valence electrons. The minimum atomic E-state index is -0.145. The molecule has 1 N–H and O–H groups in total. The molecule has 0 aliphatic rings. The number of nitrogens with zero attached hydrogens (tertiary/aromatic N) is 2. The molecule has 0 saturated heterocycles. The van der Waals surface area contributed by atoms with Gasteiger partial charge in [0.25, 0.3) is 5.91 Å². The number of benzene rings is 3. The number of aliphatic hydroxyl groups excluding tert-OH is 1. The lowest BCUT2D eigenvalue weighted by Crippen LogP contribution is -2.32. The van der Waals surface area contributed by atoms with Crippen LogP contribution in [0, 0.1) is 11.3 Å². The second-order valence-corrected chi connectivity index (χ2v) is 8.35. The maximum Gasteiger partial charge on any atom is 0.254 e. The summed E-state index contributed by atoms with van der Waals surface area (Å²) in [5.74, 6) is -0.252. The molecule has 0 bridgehead atoms. The first-order valence-corrected chi connectivity index (χ1v) is 10.9. The molecule has 3 aromatic carbocycles. The van der Waals surface area contributed by atoms with E-state index in [0.717, 1.165) is 21.9 Å². The molecule has 31 heavy (non-hydrogen) atoms. The van der Waals surface area contributed by atoms with Crippen molar-refractivity contribution in [1.82, 2.24) is 4.90 Å². The fourth-order valence-corrected chi connectivity index (χ4v) is 4.30. The van der Waals surface area contributed by atoms with Gasteiger partial charge in [0.2, 0.25) is 0 Å². The number of amides is 1. The molecule has 1 unspecified atom stereocenters. The number of carbonyl (C=O) groups is 1. The minimum Gasteiger partial charge on any atom is -0.396 e. The van der Waals surface area contributed by atoms with Gasteiger partial charge in [-0.25, -0.2) is 0 Å². The van der Waals surface area contributed by atoms with Crippen LogP contribution in [0.3, 0.4) is 0 Å². The Labute approximate surface area is 192 Å². The minimum absolute atomic E-state index is 0.0139.